The molecule has 0 amide bonds. The number of ether oxygens (including phenoxy) is 4. The Bertz CT molecular complexity index is 1530. The number of methoxy groups -OCH3 is 4. The van der Waals surface area contributed by atoms with E-state index in [-0.39, 0.29) is 5.75 Å². The minimum Gasteiger partial charge on any atom is -0.493 e. The van der Waals surface area contributed by atoms with E-state index < -0.39 is 16.1 Å². The summed E-state index contributed by atoms with van der Waals surface area (Å²) in [6, 6.07) is 16.6. The van der Waals surface area contributed by atoms with E-state index in [1.54, 1.807) is 61.8 Å². The molecule has 0 bridgehead atoms. The molecule has 1 N–H and O–H groups in total. The molecule has 1 unspecified atom stereocenters. The van der Waals surface area contributed by atoms with Crippen LogP contribution in [-0.2, 0) is 15.8 Å². The van der Waals surface area contributed by atoms with Crippen LogP contribution in [0.4, 0.5) is 0 Å². The number of rotatable bonds is 10. The fraction of sp³-hybridized carbons (Fsp3) is 0.222. The van der Waals surface area contributed by atoms with Crippen LogP contribution in [0.25, 0.3) is 10.8 Å². The van der Waals surface area contributed by atoms with Gasteiger partial charge in [-0.15, -0.1) is 0 Å². The number of nitrogens with zero attached hydrogens (tertiary/aromatic N) is 1. The summed E-state index contributed by atoms with van der Waals surface area (Å²) < 4.78 is 51.5. The van der Waals surface area contributed by atoms with Crippen molar-refractivity contribution in [2.75, 3.05) is 28.4 Å². The second-order valence-corrected chi connectivity index (χ2v) is 10.3. The maximum atomic E-state index is 13.4. The monoisotopic (exact) mass is 542 g/mol. The Kier molecular flexibility index (Phi) is 8.06. The van der Waals surface area contributed by atoms with Crippen LogP contribution in [0.5, 0.6) is 23.0 Å². The van der Waals surface area contributed by atoms with E-state index >= 15 is 0 Å². The van der Waals surface area contributed by atoms with Gasteiger partial charge in [-0.05, 0) is 52.9 Å². The first-order chi connectivity index (χ1) is 17.8. The number of pyridine rings is 1. The van der Waals surface area contributed by atoms with Gasteiger partial charge in [0.05, 0.1) is 45.9 Å². The predicted octanol–water partition coefficient (Wildman–Crippen LogP) is 5.13. The molecular weight excluding hydrogens is 516 g/mol. The minimum absolute atomic E-state index is 0.307. The molecule has 0 aliphatic carbocycles. The summed E-state index contributed by atoms with van der Waals surface area (Å²) in [6.07, 6.45) is 1.62. The molecule has 10 heteroatoms. The maximum Gasteiger partial charge on any atom is 0.216 e. The summed E-state index contributed by atoms with van der Waals surface area (Å²) in [5.41, 5.74) is 1.57. The van der Waals surface area contributed by atoms with Crippen molar-refractivity contribution < 1.29 is 27.4 Å². The zero-order valence-corrected chi connectivity index (χ0v) is 22.4. The lowest BCUT2D eigenvalue weighted by molar-refractivity contribution is 0.354. The third-order valence-electron chi connectivity index (χ3n) is 5.91. The Morgan fingerprint density at radius 2 is 1.49 bits per heavy atom. The van der Waals surface area contributed by atoms with E-state index in [1.807, 2.05) is 12.1 Å². The average Bonchev–Trinajstić information content (AvgIpc) is 2.91. The topological polar surface area (TPSA) is 96.0 Å². The van der Waals surface area contributed by atoms with E-state index in [0.717, 1.165) is 5.39 Å². The number of halogens is 1. The lowest BCUT2D eigenvalue weighted by Gasteiger charge is -2.22. The lowest BCUT2D eigenvalue weighted by Crippen LogP contribution is -2.31. The van der Waals surface area contributed by atoms with Gasteiger partial charge >= 0.3 is 0 Å². The molecule has 0 saturated heterocycles. The van der Waals surface area contributed by atoms with Gasteiger partial charge in [-0.1, -0.05) is 35.9 Å². The summed E-state index contributed by atoms with van der Waals surface area (Å²) >= 11 is 6.25. The number of hydrogen-bond acceptors (Lipinski definition) is 7. The Morgan fingerprint density at radius 1 is 0.838 bits per heavy atom. The van der Waals surface area contributed by atoms with Crippen LogP contribution in [0.15, 0.2) is 66.9 Å². The van der Waals surface area contributed by atoms with Crippen molar-refractivity contribution in [3.8, 4) is 23.0 Å². The van der Waals surface area contributed by atoms with Crippen LogP contribution in [0, 0.1) is 0 Å². The number of hydrogen-bond donors (Lipinski definition) is 1. The fourth-order valence-electron chi connectivity index (χ4n) is 4.11. The first-order valence-corrected chi connectivity index (χ1v) is 13.3. The molecule has 8 nitrogen and oxygen atoms in total. The van der Waals surface area contributed by atoms with Crippen LogP contribution in [-0.4, -0.2) is 41.8 Å². The third kappa shape index (κ3) is 5.74. The molecule has 0 aliphatic rings. The van der Waals surface area contributed by atoms with Crippen molar-refractivity contribution >= 4 is 32.4 Å². The van der Waals surface area contributed by atoms with E-state index in [2.05, 4.69) is 9.71 Å². The molecule has 1 aromatic heterocycles. The highest BCUT2D eigenvalue weighted by Gasteiger charge is 2.27. The van der Waals surface area contributed by atoms with Crippen molar-refractivity contribution in [1.29, 1.82) is 0 Å². The zero-order valence-electron chi connectivity index (χ0n) is 20.8. The predicted molar refractivity (Wildman–Crippen MR) is 143 cm³/mol. The first kappa shape index (κ1) is 26.5. The first-order valence-electron chi connectivity index (χ1n) is 11.3. The van der Waals surface area contributed by atoms with Gasteiger partial charge in [0.2, 0.25) is 10.0 Å². The van der Waals surface area contributed by atoms with Crippen LogP contribution >= 0.6 is 11.6 Å². The van der Waals surface area contributed by atoms with Gasteiger partial charge in [0, 0.05) is 16.6 Å². The second-order valence-electron chi connectivity index (χ2n) is 8.14. The summed E-state index contributed by atoms with van der Waals surface area (Å²) in [5.74, 6) is 1.71. The minimum atomic E-state index is -3.89. The van der Waals surface area contributed by atoms with Gasteiger partial charge in [0.15, 0.2) is 23.0 Å². The number of nitrogens with one attached hydrogen (secondary N) is 1. The van der Waals surface area contributed by atoms with Crippen molar-refractivity contribution in [3.63, 3.8) is 0 Å². The third-order valence-corrected chi connectivity index (χ3v) is 7.57. The highest BCUT2D eigenvalue weighted by atomic mass is 35.5. The van der Waals surface area contributed by atoms with Crippen molar-refractivity contribution in [3.05, 3.63) is 88.7 Å². The summed E-state index contributed by atoms with van der Waals surface area (Å²) in [4.78, 5) is 4.60. The molecule has 194 valence electrons. The van der Waals surface area contributed by atoms with E-state index in [9.17, 15) is 8.42 Å². The normalized spacial score (nSPS) is 12.2. The summed E-state index contributed by atoms with van der Waals surface area (Å²) in [7, 11) is 2.26. The molecular formula is C27H27ClN2O6S. The highest BCUT2D eigenvalue weighted by molar-refractivity contribution is 7.88. The number of aromatic nitrogens is 1. The van der Waals surface area contributed by atoms with E-state index in [1.165, 1.54) is 21.3 Å². The van der Waals surface area contributed by atoms with Gasteiger partial charge in [-0.3, -0.25) is 4.98 Å². The van der Waals surface area contributed by atoms with Gasteiger partial charge in [0.1, 0.15) is 0 Å². The molecule has 0 fully saturated rings. The molecule has 1 heterocycles. The summed E-state index contributed by atoms with van der Waals surface area (Å²) in [5, 5.41) is 1.87. The van der Waals surface area contributed by atoms with Gasteiger partial charge in [-0.2, -0.15) is 0 Å². The Hall–Kier alpha value is -3.53. The fourth-order valence-corrected chi connectivity index (χ4v) is 5.74. The number of sulfonamides is 1. The zero-order chi connectivity index (χ0) is 26.6. The average molecular weight is 543 g/mol. The lowest BCUT2D eigenvalue weighted by atomic mass is 9.98. The Balaban J connectivity index is 1.88. The molecule has 3 aromatic carbocycles. The number of benzene rings is 3. The summed E-state index contributed by atoms with van der Waals surface area (Å²) in [6.45, 7) is 0. The van der Waals surface area contributed by atoms with Gasteiger partial charge < -0.3 is 18.9 Å². The highest BCUT2D eigenvalue weighted by Crippen LogP contribution is 2.38. The molecule has 4 aromatic rings. The standard InChI is InChI=1S/C27H27ClN2O6S/c1-33-22-10-9-18(14-23(22)34-2)26(30-37(31,32)16-19-7-5-6-8-21(19)28)27-20-15-25(36-4)24(35-3)13-17(20)11-12-29-27/h5-15,26,30H,16H2,1-4H3. The van der Waals surface area contributed by atoms with Crippen LogP contribution in [0.3, 0.4) is 0 Å². The largest absolute Gasteiger partial charge is 0.493 e. The maximum absolute atomic E-state index is 13.4. The molecule has 0 saturated carbocycles. The van der Waals surface area contributed by atoms with Crippen LogP contribution in [0.1, 0.15) is 22.9 Å². The van der Waals surface area contributed by atoms with E-state index in [0.29, 0.717) is 50.2 Å². The van der Waals surface area contributed by atoms with E-state index in [4.69, 9.17) is 30.5 Å². The van der Waals surface area contributed by atoms with Gasteiger partial charge in [0.25, 0.3) is 0 Å². The molecule has 0 aliphatic heterocycles. The van der Waals surface area contributed by atoms with Crippen LogP contribution < -0.4 is 23.7 Å². The Labute approximate surface area is 221 Å². The van der Waals surface area contributed by atoms with Crippen LogP contribution in [0.2, 0.25) is 5.02 Å². The van der Waals surface area contributed by atoms with Crippen molar-refractivity contribution in [1.82, 2.24) is 9.71 Å². The quantitative estimate of drug-likeness (QED) is 0.297. The van der Waals surface area contributed by atoms with Crippen molar-refractivity contribution in [2.45, 2.75) is 11.8 Å². The molecule has 0 spiro atoms. The molecule has 0 radical (unpaired) electrons. The smallest absolute Gasteiger partial charge is 0.216 e. The molecule has 4 rings (SSSR count). The molecule has 37 heavy (non-hydrogen) atoms. The number of fused-ring (bicyclic) bond motifs is 1. The Morgan fingerprint density at radius 3 is 2.16 bits per heavy atom. The van der Waals surface area contributed by atoms with Gasteiger partial charge in [-0.25, -0.2) is 13.1 Å². The SMILES string of the molecule is COc1ccc(C(NS(=O)(=O)Cc2ccccc2Cl)c2nccc3cc(OC)c(OC)cc23)cc1OC. The second kappa shape index (κ2) is 11.2. The molecule has 1 atom stereocenters. The van der Waals surface area contributed by atoms with Crippen molar-refractivity contribution in [2.24, 2.45) is 0 Å².